The number of carbonyl (C=O) groups excluding carboxylic acids is 2. The molecular weight excluding hydrogens is 355 g/mol. The fraction of sp³-hybridized carbons (Fsp3) is 0.545. The molecule has 3 rings (SSSR count). The van der Waals surface area contributed by atoms with Gasteiger partial charge in [-0.1, -0.05) is 0 Å². The van der Waals surface area contributed by atoms with Crippen LogP contribution in [0.3, 0.4) is 0 Å². The Morgan fingerprint density at radius 2 is 2.29 bits per heavy atom. The molecule has 2 saturated heterocycles. The van der Waals surface area contributed by atoms with Crippen molar-refractivity contribution in [2.75, 3.05) is 13.7 Å². The summed E-state index contributed by atoms with van der Waals surface area (Å²) in [5, 5.41) is 6.13. The van der Waals surface area contributed by atoms with Gasteiger partial charge < -0.3 is 19.5 Å². The Labute approximate surface area is 159 Å². The number of nitrogens with zero attached hydrogens (tertiary/aromatic N) is 3. The number of β-lactam (4-membered cyclic amide) rings is 1. The van der Waals surface area contributed by atoms with Crippen LogP contribution in [0, 0.1) is 0 Å². The molecule has 13 heteroatoms. The first-order valence-electron chi connectivity index (χ1n) is 6.67. The van der Waals surface area contributed by atoms with Crippen molar-refractivity contribution < 1.29 is 31.8 Å². The van der Waals surface area contributed by atoms with Crippen molar-refractivity contribution in [1.29, 1.82) is 0 Å². The van der Waals surface area contributed by atoms with E-state index in [0.29, 0.717) is 10.1 Å². The van der Waals surface area contributed by atoms with E-state index < -0.39 is 34.3 Å². The fourth-order valence-corrected chi connectivity index (χ4v) is 3.68. The summed E-state index contributed by atoms with van der Waals surface area (Å²) >= 11 is 0. The average Bonchev–Trinajstić information content (AvgIpc) is 3.07. The number of likely N-dealkylation sites (tertiary alicyclic amines) is 1. The van der Waals surface area contributed by atoms with E-state index in [2.05, 4.69) is 10.5 Å². The maximum atomic E-state index is 12.1. The van der Waals surface area contributed by atoms with E-state index in [-0.39, 0.29) is 54.9 Å². The van der Waals surface area contributed by atoms with Gasteiger partial charge in [-0.15, -0.1) is 0 Å². The van der Waals surface area contributed by atoms with E-state index in [0.717, 1.165) is 0 Å². The Balaban J connectivity index is 0.00000208. The molecule has 2 aliphatic heterocycles. The number of methoxy groups -OCH3 is 1. The van der Waals surface area contributed by atoms with Crippen molar-refractivity contribution in [3.05, 3.63) is 11.8 Å². The molecule has 0 unspecified atom stereocenters. The Morgan fingerprint density at radius 3 is 2.88 bits per heavy atom. The van der Waals surface area contributed by atoms with E-state index in [1.165, 1.54) is 18.1 Å². The molecule has 2 atom stereocenters. The molecule has 2 N–H and O–H groups in total. The zero-order chi connectivity index (χ0) is 16.8. The minimum absolute atomic E-state index is 0. The number of carbonyl (C=O) groups is 2. The second-order valence-electron chi connectivity index (χ2n) is 5.10. The zero-order valence-corrected chi connectivity index (χ0v) is 12.8. The van der Waals surface area contributed by atoms with Gasteiger partial charge in [-0.2, -0.15) is 8.42 Å². The molecule has 1 aromatic rings. The molecule has 0 bridgehead atoms. The van der Waals surface area contributed by atoms with E-state index in [9.17, 15) is 18.0 Å². The van der Waals surface area contributed by atoms with E-state index >= 15 is 0 Å². The van der Waals surface area contributed by atoms with Gasteiger partial charge >= 0.3 is 45.9 Å². The number of nitrogens with one attached hydrogen (secondary N) is 1. The molecule has 3 heterocycles. The topological polar surface area (TPSA) is 142 Å². The summed E-state index contributed by atoms with van der Waals surface area (Å²) in [5.74, 6) is -0.176. The third kappa shape index (κ3) is 3.24. The Bertz CT molecular complexity index is 751. The number of hydrogen-bond acceptors (Lipinski definition) is 7. The summed E-state index contributed by atoms with van der Waals surface area (Å²) in [7, 11) is -3.16. The first kappa shape index (κ1) is 19.0. The number of rotatable bonds is 4. The minimum atomic E-state index is -4.59. The molecule has 11 nitrogen and oxygen atoms in total. The Morgan fingerprint density at radius 1 is 1.58 bits per heavy atom. The van der Waals surface area contributed by atoms with Crippen LogP contribution in [-0.4, -0.2) is 94.6 Å². The summed E-state index contributed by atoms with van der Waals surface area (Å²) in [6.07, 6.45) is 0.278. The monoisotopic (exact) mass is 370 g/mol. The van der Waals surface area contributed by atoms with Crippen LogP contribution in [-0.2, 0) is 21.6 Å². The molecular formula is C11H15N4NaO7S. The predicted octanol–water partition coefficient (Wildman–Crippen LogP) is -1.67. The first-order chi connectivity index (χ1) is 10.8. The van der Waals surface area contributed by atoms with Gasteiger partial charge in [0, 0.05) is 12.6 Å². The van der Waals surface area contributed by atoms with E-state index in [4.69, 9.17) is 13.8 Å². The second kappa shape index (κ2) is 6.88. The van der Waals surface area contributed by atoms with Crippen molar-refractivity contribution in [2.45, 2.75) is 25.0 Å². The molecule has 3 amide bonds. The molecule has 0 saturated carbocycles. The summed E-state index contributed by atoms with van der Waals surface area (Å²) in [6.45, 7) is 0.248. The molecule has 0 radical (unpaired) electrons. The van der Waals surface area contributed by atoms with Crippen LogP contribution in [0.5, 0.6) is 5.88 Å². The quantitative estimate of drug-likeness (QED) is 0.364. The number of amides is 3. The average molecular weight is 370 g/mol. The summed E-state index contributed by atoms with van der Waals surface area (Å²) in [6, 6.07) is -0.618. The van der Waals surface area contributed by atoms with Crippen molar-refractivity contribution in [2.24, 2.45) is 0 Å². The van der Waals surface area contributed by atoms with E-state index in [1.54, 1.807) is 0 Å². The van der Waals surface area contributed by atoms with Gasteiger partial charge in [0.1, 0.15) is 6.04 Å². The number of ether oxygens (including phenoxy) is 1. The van der Waals surface area contributed by atoms with Crippen LogP contribution in [0.1, 0.15) is 12.2 Å². The van der Waals surface area contributed by atoms with Gasteiger partial charge in [0.05, 0.1) is 19.7 Å². The van der Waals surface area contributed by atoms with Crippen molar-refractivity contribution in [3.8, 4) is 5.88 Å². The number of aromatic nitrogens is 1. The van der Waals surface area contributed by atoms with Gasteiger partial charge in [0.15, 0.2) is 5.76 Å². The van der Waals surface area contributed by atoms with Crippen molar-refractivity contribution in [1.82, 2.24) is 19.7 Å². The predicted molar refractivity (Wildman–Crippen MR) is 79.7 cm³/mol. The van der Waals surface area contributed by atoms with E-state index in [1.807, 2.05) is 0 Å². The number of hydrogen-bond donors (Lipinski definition) is 2. The van der Waals surface area contributed by atoms with Crippen LogP contribution in [0.4, 0.5) is 4.79 Å². The fourth-order valence-electron chi connectivity index (χ4n) is 2.78. The normalized spacial score (nSPS) is 22.5. The molecule has 2 aliphatic rings. The van der Waals surface area contributed by atoms with Crippen LogP contribution >= 0.6 is 0 Å². The molecule has 0 aliphatic carbocycles. The van der Waals surface area contributed by atoms with Crippen molar-refractivity contribution >= 4 is 51.8 Å². The summed E-state index contributed by atoms with van der Waals surface area (Å²) in [4.78, 5) is 25.2. The van der Waals surface area contributed by atoms with Gasteiger partial charge in [0.2, 0.25) is 0 Å². The van der Waals surface area contributed by atoms with Crippen LogP contribution in [0.15, 0.2) is 10.6 Å². The van der Waals surface area contributed by atoms with Crippen LogP contribution in [0.25, 0.3) is 0 Å². The summed E-state index contributed by atoms with van der Waals surface area (Å²) < 4.78 is 41.3. The molecule has 2 fully saturated rings. The van der Waals surface area contributed by atoms with Crippen molar-refractivity contribution in [3.63, 3.8) is 0 Å². The Kier molecular flexibility index (Phi) is 5.44. The molecule has 0 aromatic carbocycles. The van der Waals surface area contributed by atoms with Crippen LogP contribution in [0.2, 0.25) is 0 Å². The molecule has 24 heavy (non-hydrogen) atoms. The molecule has 1 aromatic heterocycles. The first-order valence-corrected chi connectivity index (χ1v) is 8.07. The van der Waals surface area contributed by atoms with Crippen LogP contribution < -0.4 is 10.1 Å². The van der Waals surface area contributed by atoms with Gasteiger partial charge in [-0.05, 0) is 11.6 Å². The Hall–Kier alpha value is -1.34. The van der Waals surface area contributed by atoms with Gasteiger partial charge in [-0.3, -0.25) is 9.35 Å². The second-order valence-corrected chi connectivity index (χ2v) is 6.39. The zero-order valence-electron chi connectivity index (χ0n) is 12.0. The standard InChI is InChI=1S/C11H14N4O7S.Na.H/c1-21-8-4-6(22-13-8)5-12-11(17)14-3-2-7-9(14)10(16)15(7)23(18,19)20;;/h4,7,9H,2-3,5H2,1H3,(H,12,17)(H,18,19,20);;/t7-,9+;;/m1../s1. The third-order valence-corrected chi connectivity index (χ3v) is 4.76. The van der Waals surface area contributed by atoms with Gasteiger partial charge in [0.25, 0.3) is 11.8 Å². The van der Waals surface area contributed by atoms with Gasteiger partial charge in [-0.25, -0.2) is 9.10 Å². The number of urea groups is 1. The maximum absolute atomic E-state index is 12.1. The molecule has 0 spiro atoms. The summed E-state index contributed by atoms with van der Waals surface area (Å²) in [5.41, 5.74) is 0. The SMILES string of the molecule is COc1cc(CNC(=O)N2CC[C@@H]3[C@H]2C(=O)N3S(=O)(=O)O)on1.[NaH]. The number of fused-ring (bicyclic) bond motifs is 1. The molecule has 128 valence electrons. The third-order valence-electron chi connectivity index (χ3n) is 3.81.